The van der Waals surface area contributed by atoms with Crippen molar-refractivity contribution in [3.8, 4) is 0 Å². The van der Waals surface area contributed by atoms with Gasteiger partial charge in [0.25, 0.3) is 6.47 Å². The summed E-state index contributed by atoms with van der Waals surface area (Å²) in [7, 11) is 0. The molecule has 0 saturated carbocycles. The number of rotatable bonds is 3. The molecule has 0 saturated heterocycles. The van der Waals surface area contributed by atoms with Gasteiger partial charge in [-0.25, -0.2) is 0 Å². The molecule has 4 nitrogen and oxygen atoms in total. The van der Waals surface area contributed by atoms with Gasteiger partial charge in [-0.05, 0) is 6.42 Å². The molecular formula is C6H13NaO4. The molecule has 0 aromatic carbocycles. The first kappa shape index (κ1) is 17.1. The van der Waals surface area contributed by atoms with Crippen LogP contribution in [0, 0.1) is 0 Å². The molecule has 0 rings (SSSR count). The zero-order valence-electron chi connectivity index (χ0n) is 5.91. The number of unbranched alkanes of at least 4 members (excludes halogenated alkanes) is 1. The predicted octanol–water partition coefficient (Wildman–Crippen LogP) is 0.313. The molecule has 0 aliphatic rings. The summed E-state index contributed by atoms with van der Waals surface area (Å²) in [6.45, 7) is 1.73. The summed E-state index contributed by atoms with van der Waals surface area (Å²) >= 11 is 0. The normalized spacial score (nSPS) is 6.64. The molecule has 5 heteroatoms. The Morgan fingerprint density at radius 2 is 1.91 bits per heavy atom. The average molecular weight is 172 g/mol. The van der Waals surface area contributed by atoms with E-state index in [9.17, 15) is 4.79 Å². The first-order chi connectivity index (χ1) is 4.68. The molecule has 11 heavy (non-hydrogen) atoms. The van der Waals surface area contributed by atoms with Crippen molar-refractivity contribution in [3.05, 3.63) is 0 Å². The van der Waals surface area contributed by atoms with Crippen LogP contribution in [0.4, 0.5) is 0 Å². The second-order valence-electron chi connectivity index (χ2n) is 1.60. The maximum atomic E-state index is 9.76. The van der Waals surface area contributed by atoms with E-state index in [-0.39, 0.29) is 36.0 Å². The van der Waals surface area contributed by atoms with E-state index in [1.54, 1.807) is 0 Å². The van der Waals surface area contributed by atoms with Crippen molar-refractivity contribution in [2.24, 2.45) is 0 Å². The summed E-state index contributed by atoms with van der Waals surface area (Å²) in [5, 5.41) is 14.9. The summed E-state index contributed by atoms with van der Waals surface area (Å²) in [4.78, 5) is 18.1. The van der Waals surface area contributed by atoms with Crippen LogP contribution in [0.25, 0.3) is 0 Å². The first-order valence-corrected chi connectivity index (χ1v) is 2.98. The van der Waals surface area contributed by atoms with Crippen molar-refractivity contribution >= 4 is 42.0 Å². The molecule has 0 atom stereocenters. The maximum absolute atomic E-state index is 9.76. The number of carboxylic acids is 1. The van der Waals surface area contributed by atoms with E-state index >= 15 is 0 Å². The van der Waals surface area contributed by atoms with Gasteiger partial charge in [-0.15, -0.1) is 0 Å². The standard InChI is InChI=1S/C5H10O2.CH2O2.Na.H/c1-2-3-4-5(6)7;2-1-3;;/h2-4H2,1H3,(H,6,7);1H,(H,2,3);;. The zero-order valence-corrected chi connectivity index (χ0v) is 5.91. The average Bonchev–Trinajstić information content (AvgIpc) is 1.85. The van der Waals surface area contributed by atoms with E-state index in [1.165, 1.54) is 0 Å². The summed E-state index contributed by atoms with van der Waals surface area (Å²) in [6.07, 6.45) is 2.08. The molecule has 0 amide bonds. The molecular weight excluding hydrogens is 159 g/mol. The Bertz CT molecular complexity index is 94.6. The molecule has 62 valence electrons. The topological polar surface area (TPSA) is 74.6 Å². The van der Waals surface area contributed by atoms with Crippen LogP contribution >= 0.6 is 0 Å². The number of aliphatic carboxylic acids is 1. The van der Waals surface area contributed by atoms with Gasteiger partial charge >= 0.3 is 35.5 Å². The number of carboxylic acid groups (broad SMARTS) is 2. The molecule has 0 spiro atoms. The zero-order chi connectivity index (χ0) is 8.41. The fourth-order valence-electron chi connectivity index (χ4n) is 0.328. The third kappa shape index (κ3) is 40.4. The van der Waals surface area contributed by atoms with Crippen LogP contribution in [0.5, 0.6) is 0 Å². The van der Waals surface area contributed by atoms with Crippen molar-refractivity contribution in [2.45, 2.75) is 26.2 Å². The van der Waals surface area contributed by atoms with Crippen molar-refractivity contribution in [1.82, 2.24) is 0 Å². The van der Waals surface area contributed by atoms with Gasteiger partial charge in [0.05, 0.1) is 0 Å². The Hall–Kier alpha value is -0.0600. The van der Waals surface area contributed by atoms with Crippen LogP contribution in [0.15, 0.2) is 0 Å². The van der Waals surface area contributed by atoms with Gasteiger partial charge in [0.15, 0.2) is 0 Å². The Labute approximate surface area is 87.9 Å². The number of carbonyl (C=O) groups is 2. The molecule has 0 radical (unpaired) electrons. The SMILES string of the molecule is CCCCC(=O)O.O=CO.[NaH]. The minimum atomic E-state index is -0.693. The Morgan fingerprint density at radius 3 is 2.00 bits per heavy atom. The van der Waals surface area contributed by atoms with Crippen LogP contribution in [-0.4, -0.2) is 52.2 Å². The van der Waals surface area contributed by atoms with Gasteiger partial charge < -0.3 is 10.2 Å². The Kier molecular flexibility index (Phi) is 25.7. The summed E-state index contributed by atoms with van der Waals surface area (Å²) in [5.74, 6) is -0.693. The van der Waals surface area contributed by atoms with Gasteiger partial charge in [-0.1, -0.05) is 13.3 Å². The Balaban J connectivity index is -0.000000140. The van der Waals surface area contributed by atoms with E-state index in [1.807, 2.05) is 6.92 Å². The van der Waals surface area contributed by atoms with Crippen LogP contribution in [0.3, 0.4) is 0 Å². The van der Waals surface area contributed by atoms with Gasteiger partial charge in [0, 0.05) is 6.42 Å². The molecule has 0 aromatic heterocycles. The van der Waals surface area contributed by atoms with Gasteiger partial charge in [-0.3, -0.25) is 9.59 Å². The summed E-state index contributed by atoms with van der Waals surface area (Å²) in [6, 6.07) is 0. The van der Waals surface area contributed by atoms with Crippen molar-refractivity contribution < 1.29 is 19.8 Å². The van der Waals surface area contributed by atoms with Gasteiger partial charge in [-0.2, -0.15) is 0 Å². The van der Waals surface area contributed by atoms with E-state index in [4.69, 9.17) is 15.0 Å². The van der Waals surface area contributed by atoms with Crippen LogP contribution in [-0.2, 0) is 9.59 Å². The Morgan fingerprint density at radius 1 is 1.55 bits per heavy atom. The third-order valence-electron chi connectivity index (χ3n) is 0.744. The molecule has 0 aromatic rings. The van der Waals surface area contributed by atoms with E-state index in [0.29, 0.717) is 6.42 Å². The molecule has 2 N–H and O–H groups in total. The van der Waals surface area contributed by atoms with Crippen LogP contribution in [0.2, 0.25) is 0 Å². The number of hydrogen-bond acceptors (Lipinski definition) is 2. The van der Waals surface area contributed by atoms with E-state index < -0.39 is 5.97 Å². The molecule has 0 aliphatic carbocycles. The van der Waals surface area contributed by atoms with Crippen molar-refractivity contribution in [3.63, 3.8) is 0 Å². The molecule has 0 unspecified atom stereocenters. The van der Waals surface area contributed by atoms with Crippen molar-refractivity contribution in [1.29, 1.82) is 0 Å². The predicted molar refractivity (Wildman–Crippen MR) is 43.0 cm³/mol. The molecule has 0 aliphatic heterocycles. The van der Waals surface area contributed by atoms with Gasteiger partial charge in [0.2, 0.25) is 0 Å². The second-order valence-corrected chi connectivity index (χ2v) is 1.60. The van der Waals surface area contributed by atoms with Gasteiger partial charge in [0.1, 0.15) is 0 Å². The number of hydrogen-bond donors (Lipinski definition) is 2. The first-order valence-electron chi connectivity index (χ1n) is 2.98. The van der Waals surface area contributed by atoms with Crippen LogP contribution in [0.1, 0.15) is 26.2 Å². The summed E-state index contributed by atoms with van der Waals surface area (Å²) in [5.41, 5.74) is 0. The fraction of sp³-hybridized carbons (Fsp3) is 0.667. The molecule has 0 fully saturated rings. The molecule has 0 bridgehead atoms. The van der Waals surface area contributed by atoms with Crippen molar-refractivity contribution in [2.75, 3.05) is 0 Å². The quantitative estimate of drug-likeness (QED) is 0.474. The van der Waals surface area contributed by atoms with Crippen LogP contribution < -0.4 is 0 Å². The monoisotopic (exact) mass is 172 g/mol. The molecule has 0 heterocycles. The van der Waals surface area contributed by atoms with E-state index in [2.05, 4.69) is 0 Å². The second kappa shape index (κ2) is 16.5. The fourth-order valence-corrected chi connectivity index (χ4v) is 0.328. The minimum absolute atomic E-state index is 0. The van der Waals surface area contributed by atoms with E-state index in [0.717, 1.165) is 12.8 Å². The third-order valence-corrected chi connectivity index (χ3v) is 0.744. The summed E-state index contributed by atoms with van der Waals surface area (Å²) < 4.78 is 0.